The van der Waals surface area contributed by atoms with Crippen LogP contribution in [0.5, 0.6) is 0 Å². The zero-order chi connectivity index (χ0) is 14.2. The van der Waals surface area contributed by atoms with Gasteiger partial charge in [-0.05, 0) is 43.7 Å². The highest BCUT2D eigenvalue weighted by Crippen LogP contribution is 2.30. The Kier molecular flexibility index (Phi) is 3.87. The van der Waals surface area contributed by atoms with Crippen molar-refractivity contribution in [3.63, 3.8) is 0 Å². The van der Waals surface area contributed by atoms with E-state index >= 15 is 0 Å². The molecule has 4 nitrogen and oxygen atoms in total. The molecule has 1 aromatic carbocycles. The van der Waals surface area contributed by atoms with Crippen LogP contribution in [0.3, 0.4) is 0 Å². The largest absolute Gasteiger partial charge is 0.397 e. The van der Waals surface area contributed by atoms with Gasteiger partial charge in [-0.25, -0.2) is 13.1 Å². The smallest absolute Gasteiger partial charge is 0.243 e. The number of benzene rings is 1. The average molecular weight is 282 g/mol. The molecule has 1 aliphatic carbocycles. The first kappa shape index (κ1) is 14.3. The van der Waals surface area contributed by atoms with Crippen LogP contribution in [0, 0.1) is 19.8 Å². The van der Waals surface area contributed by atoms with Crippen molar-refractivity contribution in [3.05, 3.63) is 23.3 Å². The number of nitrogens with two attached hydrogens (primary N) is 1. The highest BCUT2D eigenvalue weighted by molar-refractivity contribution is 7.89. The summed E-state index contributed by atoms with van der Waals surface area (Å²) in [4.78, 5) is 0.242. The fraction of sp³-hybridized carbons (Fsp3) is 0.571. The van der Waals surface area contributed by atoms with Crippen molar-refractivity contribution in [2.24, 2.45) is 5.92 Å². The standard InChI is InChI=1S/C14H22N2O2S/c1-9-5-4-6-12(9)16-19(17,18)14-11(3)8-7-10(2)13(14)15/h7-9,12,16H,4-6,15H2,1-3H3. The second-order valence-electron chi connectivity index (χ2n) is 5.58. The first-order chi connectivity index (χ1) is 8.83. The van der Waals surface area contributed by atoms with Gasteiger partial charge in [0.15, 0.2) is 0 Å². The molecule has 0 saturated heterocycles. The van der Waals surface area contributed by atoms with Gasteiger partial charge in [0, 0.05) is 6.04 Å². The molecule has 2 unspecified atom stereocenters. The molecule has 0 radical (unpaired) electrons. The SMILES string of the molecule is Cc1ccc(C)c(S(=O)(=O)NC2CCCC2C)c1N. The van der Waals surface area contributed by atoms with Crippen LogP contribution in [0.1, 0.15) is 37.3 Å². The molecule has 1 fully saturated rings. The minimum absolute atomic E-state index is 0.0318. The summed E-state index contributed by atoms with van der Waals surface area (Å²) in [5.74, 6) is 0.390. The third-order valence-corrected chi connectivity index (χ3v) is 5.74. The molecular formula is C14H22N2O2S. The monoisotopic (exact) mass is 282 g/mol. The Hall–Kier alpha value is -1.07. The van der Waals surface area contributed by atoms with Crippen molar-refractivity contribution < 1.29 is 8.42 Å². The second-order valence-corrected chi connectivity index (χ2v) is 7.23. The molecule has 19 heavy (non-hydrogen) atoms. The first-order valence-corrected chi connectivity index (χ1v) is 8.19. The van der Waals surface area contributed by atoms with Gasteiger partial charge in [-0.2, -0.15) is 0 Å². The number of nitrogen functional groups attached to an aromatic ring is 1. The Morgan fingerprint density at radius 3 is 2.42 bits per heavy atom. The van der Waals surface area contributed by atoms with E-state index in [9.17, 15) is 8.42 Å². The molecule has 5 heteroatoms. The number of nitrogens with one attached hydrogen (secondary N) is 1. The van der Waals surface area contributed by atoms with E-state index < -0.39 is 10.0 Å². The Morgan fingerprint density at radius 2 is 1.84 bits per heavy atom. The fourth-order valence-corrected chi connectivity index (χ4v) is 4.55. The Bertz CT molecular complexity index is 581. The molecule has 0 aromatic heterocycles. The van der Waals surface area contributed by atoms with Crippen molar-refractivity contribution in [2.75, 3.05) is 5.73 Å². The van der Waals surface area contributed by atoms with Gasteiger partial charge >= 0.3 is 0 Å². The van der Waals surface area contributed by atoms with Gasteiger partial charge in [0.1, 0.15) is 4.90 Å². The topological polar surface area (TPSA) is 72.2 Å². The van der Waals surface area contributed by atoms with Gasteiger partial charge in [-0.15, -0.1) is 0 Å². The normalized spacial score (nSPS) is 23.7. The molecule has 0 aliphatic heterocycles. The first-order valence-electron chi connectivity index (χ1n) is 6.71. The summed E-state index contributed by atoms with van der Waals surface area (Å²) in [5.41, 5.74) is 7.81. The maximum absolute atomic E-state index is 12.5. The lowest BCUT2D eigenvalue weighted by Crippen LogP contribution is -2.37. The zero-order valence-electron chi connectivity index (χ0n) is 11.7. The van der Waals surface area contributed by atoms with Crippen molar-refractivity contribution in [3.8, 4) is 0 Å². The fourth-order valence-electron chi connectivity index (χ4n) is 2.74. The van der Waals surface area contributed by atoms with Gasteiger partial charge in [0.2, 0.25) is 10.0 Å². The quantitative estimate of drug-likeness (QED) is 0.836. The minimum Gasteiger partial charge on any atom is -0.397 e. The number of hydrogen-bond acceptors (Lipinski definition) is 3. The van der Waals surface area contributed by atoms with E-state index in [2.05, 4.69) is 11.6 Å². The summed E-state index contributed by atoms with van der Waals surface area (Å²) in [5, 5.41) is 0. The lowest BCUT2D eigenvalue weighted by molar-refractivity contribution is 0.476. The number of sulfonamides is 1. The Balaban J connectivity index is 2.37. The van der Waals surface area contributed by atoms with Crippen LogP contribution < -0.4 is 10.5 Å². The van der Waals surface area contributed by atoms with Crippen LogP contribution in [0.15, 0.2) is 17.0 Å². The zero-order valence-corrected chi connectivity index (χ0v) is 12.5. The molecule has 0 bridgehead atoms. The third-order valence-electron chi connectivity index (χ3n) is 4.05. The molecule has 0 heterocycles. The van der Waals surface area contributed by atoms with Crippen LogP contribution in [-0.2, 0) is 10.0 Å². The Labute approximate surface area is 115 Å². The number of rotatable bonds is 3. The predicted molar refractivity (Wildman–Crippen MR) is 77.5 cm³/mol. The summed E-state index contributed by atoms with van der Waals surface area (Å²) < 4.78 is 27.9. The van der Waals surface area contributed by atoms with E-state index in [0.29, 0.717) is 17.2 Å². The highest BCUT2D eigenvalue weighted by Gasteiger charge is 2.30. The summed E-state index contributed by atoms with van der Waals surface area (Å²) >= 11 is 0. The molecule has 1 saturated carbocycles. The van der Waals surface area contributed by atoms with E-state index in [1.54, 1.807) is 13.0 Å². The van der Waals surface area contributed by atoms with Gasteiger partial charge in [-0.3, -0.25) is 0 Å². The maximum atomic E-state index is 12.5. The van der Waals surface area contributed by atoms with Crippen LogP contribution in [0.2, 0.25) is 0 Å². The summed E-state index contributed by atoms with van der Waals surface area (Å²) in [6, 6.07) is 3.68. The van der Waals surface area contributed by atoms with E-state index in [-0.39, 0.29) is 10.9 Å². The molecular weight excluding hydrogens is 260 g/mol. The Morgan fingerprint density at radius 1 is 1.21 bits per heavy atom. The van der Waals surface area contributed by atoms with E-state index in [0.717, 1.165) is 24.8 Å². The molecule has 2 rings (SSSR count). The average Bonchev–Trinajstić information content (AvgIpc) is 2.69. The molecule has 0 spiro atoms. The molecule has 1 aromatic rings. The van der Waals surface area contributed by atoms with Gasteiger partial charge in [0.25, 0.3) is 0 Å². The molecule has 2 atom stereocenters. The summed E-state index contributed by atoms with van der Waals surface area (Å²) in [6.07, 6.45) is 3.07. The van der Waals surface area contributed by atoms with Crippen LogP contribution in [0.4, 0.5) is 5.69 Å². The van der Waals surface area contributed by atoms with Crippen LogP contribution in [0.25, 0.3) is 0 Å². The van der Waals surface area contributed by atoms with E-state index in [1.165, 1.54) is 0 Å². The van der Waals surface area contributed by atoms with Crippen LogP contribution in [-0.4, -0.2) is 14.5 Å². The summed E-state index contributed by atoms with van der Waals surface area (Å²) in [7, 11) is -3.54. The predicted octanol–water partition coefficient (Wildman–Crippen LogP) is 2.35. The lowest BCUT2D eigenvalue weighted by Gasteiger charge is -2.19. The van der Waals surface area contributed by atoms with Gasteiger partial charge in [-0.1, -0.05) is 25.5 Å². The molecule has 3 N–H and O–H groups in total. The third kappa shape index (κ3) is 2.77. The van der Waals surface area contributed by atoms with Gasteiger partial charge in [0.05, 0.1) is 5.69 Å². The number of anilines is 1. The van der Waals surface area contributed by atoms with Gasteiger partial charge < -0.3 is 5.73 Å². The van der Waals surface area contributed by atoms with Crippen molar-refractivity contribution in [1.29, 1.82) is 0 Å². The lowest BCUT2D eigenvalue weighted by atomic mass is 10.1. The summed E-state index contributed by atoms with van der Waals surface area (Å²) in [6.45, 7) is 5.70. The molecule has 0 amide bonds. The molecule has 1 aliphatic rings. The van der Waals surface area contributed by atoms with Crippen molar-refractivity contribution in [2.45, 2.75) is 51.0 Å². The van der Waals surface area contributed by atoms with Crippen molar-refractivity contribution in [1.82, 2.24) is 4.72 Å². The highest BCUT2D eigenvalue weighted by atomic mass is 32.2. The number of hydrogen-bond donors (Lipinski definition) is 2. The van der Waals surface area contributed by atoms with E-state index in [1.807, 2.05) is 13.0 Å². The van der Waals surface area contributed by atoms with Crippen LogP contribution >= 0.6 is 0 Å². The number of aryl methyl sites for hydroxylation is 2. The molecule has 106 valence electrons. The second kappa shape index (κ2) is 5.13. The maximum Gasteiger partial charge on any atom is 0.243 e. The van der Waals surface area contributed by atoms with Crippen molar-refractivity contribution >= 4 is 15.7 Å². The van der Waals surface area contributed by atoms with E-state index in [4.69, 9.17) is 5.73 Å². The minimum atomic E-state index is -3.54.